The number of hydrogen-bond donors (Lipinski definition) is 1. The smallest absolute Gasteiger partial charge is 0.254 e. The number of nitrogens with zero attached hydrogens (tertiary/aromatic N) is 3. The average molecular weight is 423 g/mol. The van der Waals surface area contributed by atoms with E-state index in [0.29, 0.717) is 6.54 Å². The van der Waals surface area contributed by atoms with Crippen LogP contribution in [0.25, 0.3) is 0 Å². The van der Waals surface area contributed by atoms with E-state index in [9.17, 15) is 4.79 Å². The number of amides is 1. The highest BCUT2D eigenvalue weighted by Gasteiger charge is 2.28. The Morgan fingerprint density at radius 2 is 1.75 bits per heavy atom. The molecule has 0 saturated carbocycles. The molecule has 152 valence electrons. The second-order valence-electron chi connectivity index (χ2n) is 7.10. The maximum absolute atomic E-state index is 13.1. The Labute approximate surface area is 179 Å². The Bertz CT molecular complexity index is 736. The van der Waals surface area contributed by atoms with E-state index in [1.165, 1.54) is 24.9 Å². The van der Waals surface area contributed by atoms with Crippen LogP contribution in [0.5, 0.6) is 0 Å². The van der Waals surface area contributed by atoms with Gasteiger partial charge in [-0.2, -0.15) is 0 Å². The molecule has 4 rings (SSSR count). The fourth-order valence-corrected chi connectivity index (χ4v) is 3.95. The second-order valence-corrected chi connectivity index (χ2v) is 7.10. The molecule has 2 saturated heterocycles. The predicted octanol–water partition coefficient (Wildman–Crippen LogP) is 3.70. The van der Waals surface area contributed by atoms with Crippen molar-refractivity contribution in [1.29, 1.82) is 0 Å². The van der Waals surface area contributed by atoms with E-state index in [-0.39, 0.29) is 36.8 Å². The predicted molar refractivity (Wildman–Crippen MR) is 118 cm³/mol. The minimum atomic E-state index is 0. The summed E-state index contributed by atoms with van der Waals surface area (Å²) in [5.74, 6) is 0.102. The number of pyridine rings is 1. The molecular weight excluding hydrogens is 395 g/mol. The van der Waals surface area contributed by atoms with Gasteiger partial charge in [0.1, 0.15) is 0 Å². The first-order chi connectivity index (χ1) is 12.8. The Hall–Kier alpha value is -1.82. The van der Waals surface area contributed by atoms with E-state index >= 15 is 0 Å². The summed E-state index contributed by atoms with van der Waals surface area (Å²) in [6.45, 7) is 4.55. The number of anilines is 1. The first kappa shape index (κ1) is 22.5. The maximum Gasteiger partial charge on any atom is 0.254 e. The first-order valence-corrected chi connectivity index (χ1v) is 9.59. The summed E-state index contributed by atoms with van der Waals surface area (Å²) in [4.78, 5) is 21.7. The van der Waals surface area contributed by atoms with Crippen molar-refractivity contribution in [3.05, 3.63) is 59.9 Å². The second kappa shape index (κ2) is 10.6. The highest BCUT2D eigenvalue weighted by Crippen LogP contribution is 2.25. The topological polar surface area (TPSA) is 48.5 Å². The molecule has 0 spiro atoms. The SMILES string of the molecule is Cl.Cl.O=C(c1ccc(N2CCCCC2)cc1)N1CCNCC1c1cccnc1. The quantitative estimate of drug-likeness (QED) is 0.818. The minimum Gasteiger partial charge on any atom is -0.372 e. The van der Waals surface area contributed by atoms with Gasteiger partial charge in [0.15, 0.2) is 0 Å². The van der Waals surface area contributed by atoms with Crippen LogP contribution in [0.15, 0.2) is 48.8 Å². The van der Waals surface area contributed by atoms with Gasteiger partial charge in [0.2, 0.25) is 0 Å². The van der Waals surface area contributed by atoms with Gasteiger partial charge in [-0.25, -0.2) is 0 Å². The lowest BCUT2D eigenvalue weighted by Gasteiger charge is -2.36. The molecule has 5 nitrogen and oxygen atoms in total. The molecule has 2 aliphatic rings. The van der Waals surface area contributed by atoms with E-state index in [2.05, 4.69) is 27.3 Å². The molecule has 1 amide bonds. The van der Waals surface area contributed by atoms with Gasteiger partial charge in [-0.1, -0.05) is 6.07 Å². The Morgan fingerprint density at radius 3 is 2.43 bits per heavy atom. The number of rotatable bonds is 3. The van der Waals surface area contributed by atoms with Crippen LogP contribution in [-0.2, 0) is 0 Å². The Kier molecular flexibility index (Phi) is 8.55. The van der Waals surface area contributed by atoms with Gasteiger partial charge in [-0.15, -0.1) is 24.8 Å². The van der Waals surface area contributed by atoms with Gasteiger partial charge < -0.3 is 15.1 Å². The zero-order valence-corrected chi connectivity index (χ0v) is 17.6. The molecule has 0 radical (unpaired) electrons. The van der Waals surface area contributed by atoms with Crippen molar-refractivity contribution in [2.24, 2.45) is 0 Å². The van der Waals surface area contributed by atoms with Gasteiger partial charge in [-0.3, -0.25) is 9.78 Å². The van der Waals surface area contributed by atoms with Crippen molar-refractivity contribution in [1.82, 2.24) is 15.2 Å². The van der Waals surface area contributed by atoms with Gasteiger partial charge in [0, 0.05) is 56.4 Å². The molecule has 2 fully saturated rings. The Balaban J connectivity index is 0.00000140. The van der Waals surface area contributed by atoms with Crippen molar-refractivity contribution in [3.63, 3.8) is 0 Å². The third kappa shape index (κ3) is 4.96. The molecule has 2 aromatic rings. The Morgan fingerprint density at radius 1 is 1.00 bits per heavy atom. The van der Waals surface area contributed by atoms with Crippen LogP contribution in [0.2, 0.25) is 0 Å². The van der Waals surface area contributed by atoms with Crippen LogP contribution in [0, 0.1) is 0 Å². The number of hydrogen-bond acceptors (Lipinski definition) is 4. The van der Waals surface area contributed by atoms with Gasteiger partial charge in [0.25, 0.3) is 5.91 Å². The van der Waals surface area contributed by atoms with Gasteiger partial charge in [0.05, 0.1) is 6.04 Å². The van der Waals surface area contributed by atoms with Gasteiger partial charge in [-0.05, 0) is 55.2 Å². The highest BCUT2D eigenvalue weighted by molar-refractivity contribution is 5.95. The molecule has 0 bridgehead atoms. The lowest BCUT2D eigenvalue weighted by molar-refractivity contribution is 0.0634. The average Bonchev–Trinajstić information content (AvgIpc) is 2.75. The number of carbonyl (C=O) groups excluding carboxylic acids is 1. The van der Waals surface area contributed by atoms with E-state index in [4.69, 9.17) is 0 Å². The molecule has 28 heavy (non-hydrogen) atoms. The van der Waals surface area contributed by atoms with Gasteiger partial charge >= 0.3 is 0 Å². The van der Waals surface area contributed by atoms with Crippen LogP contribution < -0.4 is 10.2 Å². The number of nitrogens with one attached hydrogen (secondary N) is 1. The largest absolute Gasteiger partial charge is 0.372 e. The standard InChI is InChI=1S/C21H26N4O.2ClH/c26-21(17-6-8-19(9-7-17)24-12-2-1-3-13-24)25-14-11-23-16-20(25)18-5-4-10-22-15-18;;/h4-10,15,20,23H,1-3,11-14,16H2;2*1H. The fraction of sp³-hybridized carbons (Fsp3) is 0.429. The molecule has 2 aliphatic heterocycles. The maximum atomic E-state index is 13.1. The summed E-state index contributed by atoms with van der Waals surface area (Å²) in [5.41, 5.74) is 3.07. The van der Waals surface area contributed by atoms with Crippen molar-refractivity contribution in [3.8, 4) is 0 Å². The first-order valence-electron chi connectivity index (χ1n) is 9.59. The zero-order chi connectivity index (χ0) is 17.8. The van der Waals surface area contributed by atoms with Crippen LogP contribution in [0.1, 0.15) is 41.2 Å². The number of halogens is 2. The van der Waals surface area contributed by atoms with E-state index in [0.717, 1.165) is 37.3 Å². The van der Waals surface area contributed by atoms with E-state index < -0.39 is 0 Å². The van der Waals surface area contributed by atoms with Crippen molar-refractivity contribution in [2.75, 3.05) is 37.6 Å². The lowest BCUT2D eigenvalue weighted by Crippen LogP contribution is -2.48. The molecular formula is C21H28Cl2N4O. The summed E-state index contributed by atoms with van der Waals surface area (Å²) in [5, 5.41) is 3.39. The zero-order valence-electron chi connectivity index (χ0n) is 15.9. The summed E-state index contributed by atoms with van der Waals surface area (Å²) in [7, 11) is 0. The molecule has 1 N–H and O–H groups in total. The molecule has 1 aromatic carbocycles. The van der Waals surface area contributed by atoms with Crippen LogP contribution in [0.4, 0.5) is 5.69 Å². The normalized spacial score (nSPS) is 19.4. The summed E-state index contributed by atoms with van der Waals surface area (Å²) < 4.78 is 0. The third-order valence-electron chi connectivity index (χ3n) is 5.41. The van der Waals surface area contributed by atoms with Crippen molar-refractivity contribution in [2.45, 2.75) is 25.3 Å². The van der Waals surface area contributed by atoms with E-state index in [1.807, 2.05) is 35.4 Å². The van der Waals surface area contributed by atoms with Crippen molar-refractivity contribution >= 4 is 36.4 Å². The number of piperazine rings is 1. The summed E-state index contributed by atoms with van der Waals surface area (Å²) in [6.07, 6.45) is 7.47. The van der Waals surface area contributed by atoms with Crippen LogP contribution in [-0.4, -0.2) is 48.5 Å². The lowest BCUT2D eigenvalue weighted by atomic mass is 10.0. The molecule has 7 heteroatoms. The third-order valence-corrected chi connectivity index (χ3v) is 5.41. The number of aromatic nitrogens is 1. The number of piperidine rings is 1. The molecule has 1 aromatic heterocycles. The van der Waals surface area contributed by atoms with Crippen molar-refractivity contribution < 1.29 is 4.79 Å². The minimum absolute atomic E-state index is 0. The summed E-state index contributed by atoms with van der Waals surface area (Å²) in [6, 6.07) is 12.2. The molecule has 3 heterocycles. The van der Waals surface area contributed by atoms with E-state index in [1.54, 1.807) is 6.20 Å². The highest BCUT2D eigenvalue weighted by atomic mass is 35.5. The molecule has 1 atom stereocenters. The number of benzene rings is 1. The molecule has 1 unspecified atom stereocenters. The number of carbonyl (C=O) groups is 1. The van der Waals surface area contributed by atoms with Crippen LogP contribution >= 0.6 is 24.8 Å². The molecule has 0 aliphatic carbocycles. The van der Waals surface area contributed by atoms with Crippen LogP contribution in [0.3, 0.4) is 0 Å². The summed E-state index contributed by atoms with van der Waals surface area (Å²) >= 11 is 0. The fourth-order valence-electron chi connectivity index (χ4n) is 3.95. The monoisotopic (exact) mass is 422 g/mol.